The van der Waals surface area contributed by atoms with Crippen molar-refractivity contribution in [2.24, 2.45) is 0 Å². The summed E-state index contributed by atoms with van der Waals surface area (Å²) in [5, 5.41) is 79.0. The summed E-state index contributed by atoms with van der Waals surface area (Å²) < 4.78 is 11.5. The van der Waals surface area contributed by atoms with Gasteiger partial charge in [0.1, 0.15) is 23.4 Å². The lowest BCUT2D eigenvalue weighted by molar-refractivity contribution is -0.0189. The molecule has 0 aliphatic carbocycles. The molecule has 0 fully saturated rings. The minimum absolute atomic E-state index is 0.0553. The van der Waals surface area contributed by atoms with Crippen LogP contribution in [-0.4, -0.2) is 52.9 Å². The summed E-state index contributed by atoms with van der Waals surface area (Å²) in [4.78, 5) is 12.8. The zero-order valence-electron chi connectivity index (χ0n) is 16.9. The number of phenolic OH excluding ortho intramolecular Hbond substituents is 8. The van der Waals surface area contributed by atoms with E-state index in [1.54, 1.807) is 22.6 Å². The zero-order valence-corrected chi connectivity index (χ0v) is 19.1. The molecule has 12 heteroatoms. The standard InChI is InChI=1S/C22H17IO11/c23-17-10(24)6-15-9(18(17)29)5-16(21(33-15)7-1-11(25)19(30)12(26)2-7)34-22(32)8-3-13(27)20(31)14(28)4-8/h1-4,6,16,21,24-31H,5H2/t16-,21-/m1/s1/i23+4. The number of ether oxygens (including phenoxy) is 2. The zero-order chi connectivity index (χ0) is 24.9. The second-order valence-corrected chi connectivity index (χ2v) is 8.57. The minimum atomic E-state index is -1.19. The number of phenols is 8. The maximum Gasteiger partial charge on any atom is 0.338 e. The van der Waals surface area contributed by atoms with Gasteiger partial charge in [-0.25, -0.2) is 4.79 Å². The van der Waals surface area contributed by atoms with Crippen LogP contribution in [0.25, 0.3) is 0 Å². The summed E-state index contributed by atoms with van der Waals surface area (Å²) in [5.74, 6) is -5.99. The number of carbonyl (C=O) groups is 1. The van der Waals surface area contributed by atoms with E-state index in [0.29, 0.717) is 0 Å². The lowest BCUT2D eigenvalue weighted by Crippen LogP contribution is -2.35. The van der Waals surface area contributed by atoms with Gasteiger partial charge in [-0.15, -0.1) is 0 Å². The summed E-state index contributed by atoms with van der Waals surface area (Å²) in [6.45, 7) is 0. The molecule has 1 aliphatic heterocycles. The Hall–Kier alpha value is -3.94. The van der Waals surface area contributed by atoms with Crippen LogP contribution in [0.2, 0.25) is 0 Å². The summed E-state index contributed by atoms with van der Waals surface area (Å²) in [5.41, 5.74) is -0.0108. The van der Waals surface area contributed by atoms with Crippen LogP contribution in [0.3, 0.4) is 0 Å². The Balaban J connectivity index is 1.77. The van der Waals surface area contributed by atoms with Crippen molar-refractivity contribution in [3.63, 3.8) is 0 Å². The van der Waals surface area contributed by atoms with Crippen LogP contribution < -0.4 is 4.74 Å². The number of benzene rings is 3. The highest BCUT2D eigenvalue weighted by molar-refractivity contribution is 14.1. The van der Waals surface area contributed by atoms with Crippen LogP contribution in [0.4, 0.5) is 0 Å². The molecule has 0 bridgehead atoms. The summed E-state index contributed by atoms with van der Waals surface area (Å²) in [7, 11) is 0. The largest absolute Gasteiger partial charge is 0.507 e. The molecule has 0 saturated carbocycles. The second kappa shape index (κ2) is 8.44. The van der Waals surface area contributed by atoms with Crippen molar-refractivity contribution in [2.75, 3.05) is 0 Å². The third-order valence-electron chi connectivity index (χ3n) is 5.27. The average molecular weight is 588 g/mol. The molecule has 0 unspecified atom stereocenters. The fraction of sp³-hybridized carbons (Fsp3) is 0.136. The van der Waals surface area contributed by atoms with E-state index in [1.807, 2.05) is 0 Å². The molecule has 1 aliphatic rings. The molecule has 0 saturated heterocycles. The van der Waals surface area contributed by atoms with Crippen LogP contribution in [-0.2, 0) is 11.2 Å². The van der Waals surface area contributed by atoms with E-state index in [1.165, 1.54) is 6.07 Å². The van der Waals surface area contributed by atoms with Gasteiger partial charge in [0.2, 0.25) is 0 Å². The van der Waals surface area contributed by atoms with Crippen molar-refractivity contribution < 1.29 is 55.1 Å². The second-order valence-electron chi connectivity index (χ2n) is 7.49. The molecule has 178 valence electrons. The van der Waals surface area contributed by atoms with Crippen molar-refractivity contribution >= 4 is 28.6 Å². The molecule has 1 heterocycles. The smallest absolute Gasteiger partial charge is 0.338 e. The molecule has 0 radical (unpaired) electrons. The molecular formula is C22H17IO11. The van der Waals surface area contributed by atoms with E-state index >= 15 is 0 Å². The van der Waals surface area contributed by atoms with Crippen molar-refractivity contribution in [3.8, 4) is 51.7 Å². The molecule has 8 N–H and O–H groups in total. The Morgan fingerprint density at radius 1 is 0.794 bits per heavy atom. The molecule has 0 spiro atoms. The fourth-order valence-corrected chi connectivity index (χ4v) is 4.05. The normalized spacial score (nSPS) is 17.0. The first-order valence-electron chi connectivity index (χ1n) is 9.58. The molecule has 3 aromatic carbocycles. The van der Waals surface area contributed by atoms with Gasteiger partial charge in [0, 0.05) is 23.6 Å². The predicted octanol–water partition coefficient (Wildman–Crippen LogP) is 2.84. The third-order valence-corrected chi connectivity index (χ3v) is 6.33. The Bertz CT molecular complexity index is 1270. The van der Waals surface area contributed by atoms with E-state index in [0.717, 1.165) is 24.3 Å². The number of hydrogen-bond acceptors (Lipinski definition) is 11. The van der Waals surface area contributed by atoms with Gasteiger partial charge in [-0.1, -0.05) is 0 Å². The SMILES string of the molecule is O=C(O[C@@H]1Cc2c(cc(O)c([131I])c2O)O[C@@H]1c1cc(O)c(O)c(O)c1)c1cc(O)c(O)c(O)c1. The average Bonchev–Trinajstić information content (AvgIpc) is 2.79. The van der Waals surface area contributed by atoms with Gasteiger partial charge in [0.05, 0.1) is 9.13 Å². The lowest BCUT2D eigenvalue weighted by atomic mass is 9.93. The number of rotatable bonds is 3. The first-order chi connectivity index (χ1) is 16.0. The Kier molecular flexibility index (Phi) is 5.77. The Labute approximate surface area is 204 Å². The van der Waals surface area contributed by atoms with Gasteiger partial charge >= 0.3 is 5.97 Å². The summed E-state index contributed by atoms with van der Waals surface area (Å²) in [6.07, 6.45) is -2.51. The highest BCUT2D eigenvalue weighted by Gasteiger charge is 2.38. The molecule has 3 aromatic rings. The molecule has 4 rings (SSSR count). The first-order valence-corrected chi connectivity index (χ1v) is 10.7. The molecule has 34 heavy (non-hydrogen) atoms. The lowest BCUT2D eigenvalue weighted by Gasteiger charge is -2.34. The number of esters is 1. The molecular weight excluding hydrogens is 571 g/mol. The van der Waals surface area contributed by atoms with Gasteiger partial charge in [-0.3, -0.25) is 0 Å². The molecule has 0 amide bonds. The van der Waals surface area contributed by atoms with E-state index in [-0.39, 0.29) is 43.9 Å². The number of fused-ring (bicyclic) bond motifs is 1. The highest BCUT2D eigenvalue weighted by atomic mass is 131. The van der Waals surface area contributed by atoms with Crippen LogP contribution in [0.5, 0.6) is 51.7 Å². The van der Waals surface area contributed by atoms with Crippen molar-refractivity contribution in [1.29, 1.82) is 0 Å². The molecule has 0 aromatic heterocycles. The Morgan fingerprint density at radius 2 is 1.32 bits per heavy atom. The van der Waals surface area contributed by atoms with Crippen LogP contribution >= 0.6 is 22.6 Å². The van der Waals surface area contributed by atoms with E-state index in [4.69, 9.17) is 9.47 Å². The van der Waals surface area contributed by atoms with Gasteiger partial charge < -0.3 is 50.3 Å². The third kappa shape index (κ3) is 3.96. The maximum atomic E-state index is 12.8. The van der Waals surface area contributed by atoms with Gasteiger partial charge in [-0.05, 0) is 46.9 Å². The molecule has 2 atom stereocenters. The highest BCUT2D eigenvalue weighted by Crippen LogP contribution is 2.47. The number of hydrogen-bond donors (Lipinski definition) is 8. The van der Waals surface area contributed by atoms with Crippen molar-refractivity contribution in [2.45, 2.75) is 18.6 Å². The van der Waals surface area contributed by atoms with Gasteiger partial charge in [0.25, 0.3) is 0 Å². The fourth-order valence-electron chi connectivity index (χ4n) is 3.57. The summed E-state index contributed by atoms with van der Waals surface area (Å²) in [6, 6.07) is 5.16. The van der Waals surface area contributed by atoms with E-state index in [2.05, 4.69) is 0 Å². The number of aromatic hydroxyl groups is 8. The first kappa shape index (κ1) is 23.2. The topological polar surface area (TPSA) is 197 Å². The predicted molar refractivity (Wildman–Crippen MR) is 122 cm³/mol. The van der Waals surface area contributed by atoms with Crippen LogP contribution in [0.1, 0.15) is 27.6 Å². The van der Waals surface area contributed by atoms with E-state index < -0.39 is 52.7 Å². The Morgan fingerprint density at radius 3 is 1.88 bits per heavy atom. The summed E-state index contributed by atoms with van der Waals surface area (Å²) >= 11 is 1.72. The van der Waals surface area contributed by atoms with Gasteiger partial charge in [-0.2, -0.15) is 0 Å². The van der Waals surface area contributed by atoms with Crippen LogP contribution in [0, 0.1) is 3.57 Å². The van der Waals surface area contributed by atoms with Crippen LogP contribution in [0.15, 0.2) is 30.3 Å². The number of halogens is 1. The number of carbonyl (C=O) groups excluding carboxylic acids is 1. The quantitative estimate of drug-likeness (QED) is 0.127. The van der Waals surface area contributed by atoms with Crippen molar-refractivity contribution in [3.05, 3.63) is 50.6 Å². The van der Waals surface area contributed by atoms with E-state index in [9.17, 15) is 45.6 Å². The monoisotopic (exact) mass is 588 g/mol. The minimum Gasteiger partial charge on any atom is -0.507 e. The van der Waals surface area contributed by atoms with Crippen molar-refractivity contribution in [1.82, 2.24) is 0 Å². The van der Waals surface area contributed by atoms with Gasteiger partial charge in [0.15, 0.2) is 40.6 Å². The molecule has 11 nitrogen and oxygen atoms in total. The maximum absolute atomic E-state index is 12.8.